The van der Waals surface area contributed by atoms with Crippen molar-refractivity contribution in [2.45, 2.75) is 32.7 Å². The van der Waals surface area contributed by atoms with Gasteiger partial charge in [-0.25, -0.2) is 5.84 Å². The van der Waals surface area contributed by atoms with Gasteiger partial charge in [-0.2, -0.15) is 0 Å². The Morgan fingerprint density at radius 1 is 1.50 bits per heavy atom. The molecule has 0 fully saturated rings. The van der Waals surface area contributed by atoms with Crippen LogP contribution in [0.2, 0.25) is 0 Å². The molecule has 1 aromatic heterocycles. The van der Waals surface area contributed by atoms with Crippen molar-refractivity contribution in [1.29, 1.82) is 0 Å². The molecule has 0 radical (unpaired) electrons. The molecule has 1 heterocycles. The zero-order valence-electron chi connectivity index (χ0n) is 11.1. The van der Waals surface area contributed by atoms with Crippen LogP contribution in [-0.4, -0.2) is 29.4 Å². The van der Waals surface area contributed by atoms with Crippen molar-refractivity contribution in [2.24, 2.45) is 5.84 Å². The number of hydrazine groups is 1. The highest BCUT2D eigenvalue weighted by atomic mass is 16.2. The van der Waals surface area contributed by atoms with Gasteiger partial charge in [0.05, 0.1) is 11.3 Å². The Bertz CT molecular complexity index is 381. The zero-order chi connectivity index (χ0) is 13.4. The molecule has 0 aliphatic heterocycles. The van der Waals surface area contributed by atoms with E-state index in [0.29, 0.717) is 12.1 Å². The fourth-order valence-corrected chi connectivity index (χ4v) is 1.81. The highest BCUT2D eigenvalue weighted by molar-refractivity contribution is 5.94. The number of nitrogens with two attached hydrogens (primary N) is 1. The third kappa shape index (κ3) is 4.43. The van der Waals surface area contributed by atoms with E-state index >= 15 is 0 Å². The number of pyridine rings is 1. The standard InChI is InChI=1S/C13H22N4O/c1-3-4-5-9-17(2)10-12-11(13(18)16-14)7-6-8-15-12/h6-8H,3-5,9-10,14H2,1-2H3,(H,16,18). The van der Waals surface area contributed by atoms with E-state index in [9.17, 15) is 4.79 Å². The molecule has 100 valence electrons. The van der Waals surface area contributed by atoms with E-state index in [4.69, 9.17) is 5.84 Å². The molecular weight excluding hydrogens is 228 g/mol. The third-order valence-electron chi connectivity index (χ3n) is 2.83. The van der Waals surface area contributed by atoms with Gasteiger partial charge in [-0.3, -0.25) is 15.2 Å². The second kappa shape index (κ2) is 7.79. The van der Waals surface area contributed by atoms with Gasteiger partial charge in [-0.1, -0.05) is 19.8 Å². The molecule has 0 aromatic carbocycles. The maximum Gasteiger partial charge on any atom is 0.267 e. The Morgan fingerprint density at radius 3 is 2.94 bits per heavy atom. The number of nitrogens with one attached hydrogen (secondary N) is 1. The van der Waals surface area contributed by atoms with Crippen LogP contribution in [0.1, 0.15) is 42.2 Å². The summed E-state index contributed by atoms with van der Waals surface area (Å²) in [4.78, 5) is 18.0. The van der Waals surface area contributed by atoms with Crippen LogP contribution in [0.5, 0.6) is 0 Å². The summed E-state index contributed by atoms with van der Waals surface area (Å²) >= 11 is 0. The van der Waals surface area contributed by atoms with E-state index in [-0.39, 0.29) is 5.91 Å². The Balaban J connectivity index is 2.63. The second-order valence-corrected chi connectivity index (χ2v) is 4.42. The Labute approximate surface area is 108 Å². The first-order chi connectivity index (χ1) is 8.69. The highest BCUT2D eigenvalue weighted by Crippen LogP contribution is 2.08. The van der Waals surface area contributed by atoms with Crippen LogP contribution in [0.3, 0.4) is 0 Å². The number of carbonyl (C=O) groups is 1. The molecule has 18 heavy (non-hydrogen) atoms. The summed E-state index contributed by atoms with van der Waals surface area (Å²) in [7, 11) is 2.04. The zero-order valence-corrected chi connectivity index (χ0v) is 11.1. The smallest absolute Gasteiger partial charge is 0.267 e. The molecule has 0 unspecified atom stereocenters. The molecule has 5 nitrogen and oxygen atoms in total. The van der Waals surface area contributed by atoms with Gasteiger partial charge < -0.3 is 4.90 Å². The summed E-state index contributed by atoms with van der Waals surface area (Å²) in [5.41, 5.74) is 3.46. The number of aromatic nitrogens is 1. The monoisotopic (exact) mass is 250 g/mol. The molecule has 0 aliphatic carbocycles. The lowest BCUT2D eigenvalue weighted by Crippen LogP contribution is -2.32. The minimum atomic E-state index is -0.292. The summed E-state index contributed by atoms with van der Waals surface area (Å²) in [6, 6.07) is 3.48. The number of amides is 1. The molecule has 1 amide bonds. The minimum Gasteiger partial charge on any atom is -0.301 e. The van der Waals surface area contributed by atoms with Crippen molar-refractivity contribution in [1.82, 2.24) is 15.3 Å². The molecule has 1 aromatic rings. The van der Waals surface area contributed by atoms with Gasteiger partial charge in [-0.05, 0) is 32.1 Å². The van der Waals surface area contributed by atoms with Gasteiger partial charge >= 0.3 is 0 Å². The minimum absolute atomic E-state index is 0.292. The van der Waals surface area contributed by atoms with Crippen LogP contribution in [0.15, 0.2) is 18.3 Å². The number of unbranched alkanes of at least 4 members (excludes halogenated alkanes) is 2. The lowest BCUT2D eigenvalue weighted by atomic mass is 10.1. The maximum atomic E-state index is 11.6. The fourth-order valence-electron chi connectivity index (χ4n) is 1.81. The molecule has 0 aliphatic rings. The summed E-state index contributed by atoms with van der Waals surface area (Å²) in [6.07, 6.45) is 5.29. The van der Waals surface area contributed by atoms with E-state index < -0.39 is 0 Å². The summed E-state index contributed by atoms with van der Waals surface area (Å²) < 4.78 is 0. The van der Waals surface area contributed by atoms with Crippen LogP contribution in [0.4, 0.5) is 0 Å². The van der Waals surface area contributed by atoms with Crippen LogP contribution < -0.4 is 11.3 Å². The topological polar surface area (TPSA) is 71.2 Å². The Kier molecular flexibility index (Phi) is 6.32. The first-order valence-electron chi connectivity index (χ1n) is 6.32. The largest absolute Gasteiger partial charge is 0.301 e. The van der Waals surface area contributed by atoms with Crippen molar-refractivity contribution in [3.63, 3.8) is 0 Å². The van der Waals surface area contributed by atoms with Crippen molar-refractivity contribution in [3.8, 4) is 0 Å². The van der Waals surface area contributed by atoms with E-state index in [1.807, 2.05) is 7.05 Å². The van der Waals surface area contributed by atoms with Crippen molar-refractivity contribution >= 4 is 5.91 Å². The normalized spacial score (nSPS) is 10.7. The first kappa shape index (κ1) is 14.6. The second-order valence-electron chi connectivity index (χ2n) is 4.42. The number of carbonyl (C=O) groups excluding carboxylic acids is 1. The number of nitrogens with zero attached hydrogens (tertiary/aromatic N) is 2. The average molecular weight is 250 g/mol. The predicted octanol–water partition coefficient (Wildman–Crippen LogP) is 1.31. The third-order valence-corrected chi connectivity index (χ3v) is 2.83. The molecule has 0 spiro atoms. The van der Waals surface area contributed by atoms with E-state index in [0.717, 1.165) is 18.7 Å². The van der Waals surface area contributed by atoms with E-state index in [2.05, 4.69) is 22.2 Å². The summed E-state index contributed by atoms with van der Waals surface area (Å²) in [6.45, 7) is 3.85. The van der Waals surface area contributed by atoms with Crippen molar-refractivity contribution in [3.05, 3.63) is 29.6 Å². The number of nitrogen functional groups attached to an aromatic ring is 1. The lowest BCUT2D eigenvalue weighted by molar-refractivity contribution is 0.0951. The van der Waals surface area contributed by atoms with Crippen LogP contribution >= 0.6 is 0 Å². The lowest BCUT2D eigenvalue weighted by Gasteiger charge is -2.17. The molecule has 5 heteroatoms. The van der Waals surface area contributed by atoms with Gasteiger partial charge in [0.2, 0.25) is 0 Å². The molecule has 0 saturated heterocycles. The van der Waals surface area contributed by atoms with Crippen molar-refractivity contribution < 1.29 is 4.79 Å². The average Bonchev–Trinajstić information content (AvgIpc) is 2.39. The SMILES string of the molecule is CCCCCN(C)Cc1ncccc1C(=O)NN. The van der Waals surface area contributed by atoms with E-state index in [1.165, 1.54) is 12.8 Å². The molecule has 0 saturated carbocycles. The van der Waals surface area contributed by atoms with Gasteiger partial charge in [-0.15, -0.1) is 0 Å². The van der Waals surface area contributed by atoms with E-state index in [1.54, 1.807) is 18.3 Å². The van der Waals surface area contributed by atoms with Crippen molar-refractivity contribution in [2.75, 3.05) is 13.6 Å². The molecule has 0 bridgehead atoms. The molecule has 1 rings (SSSR count). The fraction of sp³-hybridized carbons (Fsp3) is 0.538. The Hall–Kier alpha value is -1.46. The van der Waals surface area contributed by atoms with Crippen LogP contribution in [-0.2, 0) is 6.54 Å². The van der Waals surface area contributed by atoms with Gasteiger partial charge in [0.25, 0.3) is 5.91 Å². The number of hydrogen-bond donors (Lipinski definition) is 2. The molecular formula is C13H22N4O. The maximum absolute atomic E-state index is 11.6. The first-order valence-corrected chi connectivity index (χ1v) is 6.32. The highest BCUT2D eigenvalue weighted by Gasteiger charge is 2.12. The molecule has 0 atom stereocenters. The van der Waals surface area contributed by atoms with Crippen LogP contribution in [0.25, 0.3) is 0 Å². The predicted molar refractivity (Wildman–Crippen MR) is 71.7 cm³/mol. The Morgan fingerprint density at radius 2 is 2.28 bits per heavy atom. The van der Waals surface area contributed by atoms with Gasteiger partial charge in [0, 0.05) is 12.7 Å². The van der Waals surface area contributed by atoms with Gasteiger partial charge in [0.1, 0.15) is 0 Å². The summed E-state index contributed by atoms with van der Waals surface area (Å²) in [5.74, 6) is 4.87. The van der Waals surface area contributed by atoms with Crippen LogP contribution in [0, 0.1) is 0 Å². The van der Waals surface area contributed by atoms with Gasteiger partial charge in [0.15, 0.2) is 0 Å². The number of rotatable bonds is 7. The molecule has 3 N–H and O–H groups in total. The number of hydrogen-bond acceptors (Lipinski definition) is 4. The quantitative estimate of drug-likeness (QED) is 0.331. The summed E-state index contributed by atoms with van der Waals surface area (Å²) in [5, 5.41) is 0.